The summed E-state index contributed by atoms with van der Waals surface area (Å²) >= 11 is 1.26. The fourth-order valence-corrected chi connectivity index (χ4v) is 4.86. The van der Waals surface area contributed by atoms with Crippen LogP contribution in [0.4, 0.5) is 15.9 Å². The molecule has 1 aliphatic heterocycles. The molecule has 0 unspecified atom stereocenters. The SMILES string of the molecule is CC(C)Oc1cc(F)ccc1Nc1ncnc2sc(C(=O)N3CCC(CN(C)C)CC3)nc12. The molecule has 1 aromatic carbocycles. The number of likely N-dealkylation sites (tertiary alicyclic amines) is 1. The maximum Gasteiger partial charge on any atom is 0.282 e. The van der Waals surface area contributed by atoms with Gasteiger partial charge in [0.1, 0.15) is 28.2 Å². The number of aromatic nitrogens is 3. The van der Waals surface area contributed by atoms with Crippen LogP contribution in [0, 0.1) is 11.7 Å². The second-order valence-corrected chi connectivity index (χ2v) is 9.80. The zero-order valence-corrected chi connectivity index (χ0v) is 20.2. The molecule has 1 N–H and O–H groups in total. The zero-order chi connectivity index (χ0) is 23.5. The van der Waals surface area contributed by atoms with Gasteiger partial charge in [-0.25, -0.2) is 19.3 Å². The summed E-state index contributed by atoms with van der Waals surface area (Å²) in [6, 6.07) is 4.28. The molecule has 33 heavy (non-hydrogen) atoms. The van der Waals surface area contributed by atoms with Crippen molar-refractivity contribution in [3.8, 4) is 5.75 Å². The minimum atomic E-state index is -0.389. The second-order valence-electron chi connectivity index (χ2n) is 8.82. The van der Waals surface area contributed by atoms with Gasteiger partial charge in [0.15, 0.2) is 10.8 Å². The lowest BCUT2D eigenvalue weighted by atomic mass is 9.96. The van der Waals surface area contributed by atoms with Gasteiger partial charge in [-0.2, -0.15) is 0 Å². The van der Waals surface area contributed by atoms with E-state index in [1.165, 1.54) is 29.8 Å². The number of fused-ring (bicyclic) bond motifs is 1. The number of hydrogen-bond acceptors (Lipinski definition) is 8. The van der Waals surface area contributed by atoms with Gasteiger partial charge in [-0.05, 0) is 58.8 Å². The summed E-state index contributed by atoms with van der Waals surface area (Å²) in [4.78, 5) is 31.0. The quantitative estimate of drug-likeness (QED) is 0.553. The van der Waals surface area contributed by atoms with Gasteiger partial charge >= 0.3 is 0 Å². The number of carbonyl (C=O) groups excluding carboxylic acids is 1. The Kier molecular flexibility index (Phi) is 7.04. The number of nitrogens with one attached hydrogen (secondary N) is 1. The Hall–Kier alpha value is -2.85. The zero-order valence-electron chi connectivity index (χ0n) is 19.3. The highest BCUT2D eigenvalue weighted by Crippen LogP contribution is 2.33. The van der Waals surface area contributed by atoms with E-state index in [-0.39, 0.29) is 17.8 Å². The first-order valence-corrected chi connectivity index (χ1v) is 11.9. The van der Waals surface area contributed by atoms with E-state index in [9.17, 15) is 9.18 Å². The van der Waals surface area contributed by atoms with Gasteiger partial charge in [0.05, 0.1) is 11.8 Å². The van der Waals surface area contributed by atoms with E-state index in [0.717, 1.165) is 32.5 Å². The van der Waals surface area contributed by atoms with Crippen LogP contribution in [0.25, 0.3) is 10.3 Å². The van der Waals surface area contributed by atoms with Crippen molar-refractivity contribution >= 4 is 39.1 Å². The smallest absolute Gasteiger partial charge is 0.282 e. The normalized spacial score (nSPS) is 14.9. The van der Waals surface area contributed by atoms with Crippen molar-refractivity contribution in [1.29, 1.82) is 0 Å². The Balaban J connectivity index is 1.54. The molecule has 1 saturated heterocycles. The predicted molar refractivity (Wildman–Crippen MR) is 128 cm³/mol. The summed E-state index contributed by atoms with van der Waals surface area (Å²) in [5, 5.41) is 3.58. The lowest BCUT2D eigenvalue weighted by Crippen LogP contribution is -2.40. The van der Waals surface area contributed by atoms with Crippen LogP contribution in [0.3, 0.4) is 0 Å². The Morgan fingerprint density at radius 1 is 1.30 bits per heavy atom. The molecule has 10 heteroatoms. The Bertz CT molecular complexity index is 1130. The molecule has 0 aliphatic carbocycles. The Labute approximate surface area is 196 Å². The Morgan fingerprint density at radius 3 is 2.76 bits per heavy atom. The molecule has 0 saturated carbocycles. The van der Waals surface area contributed by atoms with E-state index < -0.39 is 0 Å². The minimum absolute atomic E-state index is 0.0714. The van der Waals surface area contributed by atoms with Crippen LogP contribution in [-0.4, -0.2) is 70.5 Å². The second kappa shape index (κ2) is 9.96. The van der Waals surface area contributed by atoms with E-state index in [2.05, 4.69) is 39.3 Å². The molecule has 0 atom stereocenters. The van der Waals surface area contributed by atoms with Crippen molar-refractivity contribution in [2.75, 3.05) is 39.0 Å². The summed E-state index contributed by atoms with van der Waals surface area (Å²) in [6.45, 7) is 6.25. The van der Waals surface area contributed by atoms with Crippen LogP contribution in [0.1, 0.15) is 36.5 Å². The molecule has 3 aromatic rings. The van der Waals surface area contributed by atoms with Crippen molar-refractivity contribution in [2.24, 2.45) is 5.92 Å². The standard InChI is InChI=1S/C23H29FN6O2S/c1-14(2)32-18-11-16(24)5-6-17(18)27-20-19-21(26-13-25-20)33-22(28-19)23(31)30-9-7-15(8-10-30)12-29(3)4/h5-6,11,13-15H,7-10,12H2,1-4H3,(H,25,26,27). The molecular weight excluding hydrogens is 443 g/mol. The molecule has 0 spiro atoms. The van der Waals surface area contributed by atoms with E-state index in [1.54, 1.807) is 6.07 Å². The topological polar surface area (TPSA) is 83.5 Å². The van der Waals surface area contributed by atoms with Gasteiger partial charge in [-0.3, -0.25) is 4.79 Å². The number of amides is 1. The third-order valence-corrected chi connectivity index (χ3v) is 6.41. The highest BCUT2D eigenvalue weighted by Gasteiger charge is 2.26. The first-order valence-electron chi connectivity index (χ1n) is 11.1. The van der Waals surface area contributed by atoms with E-state index in [0.29, 0.717) is 38.5 Å². The predicted octanol–water partition coefficient (Wildman–Crippen LogP) is 4.17. The maximum absolute atomic E-state index is 13.8. The van der Waals surface area contributed by atoms with Crippen molar-refractivity contribution in [3.63, 3.8) is 0 Å². The summed E-state index contributed by atoms with van der Waals surface area (Å²) in [5.74, 6) is 0.973. The fraction of sp³-hybridized carbons (Fsp3) is 0.478. The van der Waals surface area contributed by atoms with Crippen LogP contribution in [-0.2, 0) is 0 Å². The number of piperidine rings is 1. The lowest BCUT2D eigenvalue weighted by molar-refractivity contribution is 0.0678. The number of hydrogen-bond donors (Lipinski definition) is 1. The number of benzene rings is 1. The Morgan fingerprint density at radius 2 is 2.06 bits per heavy atom. The molecule has 1 fully saturated rings. The summed E-state index contributed by atoms with van der Waals surface area (Å²) in [7, 11) is 4.16. The summed E-state index contributed by atoms with van der Waals surface area (Å²) in [6.07, 6.45) is 3.29. The minimum Gasteiger partial charge on any atom is -0.489 e. The van der Waals surface area contributed by atoms with Gasteiger partial charge < -0.3 is 19.9 Å². The largest absolute Gasteiger partial charge is 0.489 e. The third kappa shape index (κ3) is 5.56. The third-order valence-electron chi connectivity index (χ3n) is 5.46. The van der Waals surface area contributed by atoms with Gasteiger partial charge in [0.2, 0.25) is 0 Å². The molecular formula is C23H29FN6O2S. The maximum atomic E-state index is 13.8. The van der Waals surface area contributed by atoms with Crippen LogP contribution in [0.2, 0.25) is 0 Å². The number of thiazole rings is 1. The number of nitrogens with zero attached hydrogens (tertiary/aromatic N) is 5. The molecule has 176 valence electrons. The molecule has 3 heterocycles. The van der Waals surface area contributed by atoms with Crippen LogP contribution in [0.5, 0.6) is 5.75 Å². The highest BCUT2D eigenvalue weighted by molar-refractivity contribution is 7.19. The van der Waals surface area contributed by atoms with Crippen LogP contribution >= 0.6 is 11.3 Å². The van der Waals surface area contributed by atoms with Crippen molar-refractivity contribution in [2.45, 2.75) is 32.8 Å². The average molecular weight is 473 g/mol. The van der Waals surface area contributed by atoms with Crippen molar-refractivity contribution < 1.29 is 13.9 Å². The first-order chi connectivity index (χ1) is 15.8. The van der Waals surface area contributed by atoms with Gasteiger partial charge in [0.25, 0.3) is 5.91 Å². The molecule has 0 radical (unpaired) electrons. The molecule has 1 amide bonds. The number of carbonyl (C=O) groups is 1. The van der Waals surface area contributed by atoms with Crippen LogP contribution < -0.4 is 10.1 Å². The highest BCUT2D eigenvalue weighted by atomic mass is 32.1. The fourth-order valence-electron chi connectivity index (χ4n) is 3.99. The molecule has 8 nitrogen and oxygen atoms in total. The number of halogens is 1. The van der Waals surface area contributed by atoms with Gasteiger partial charge in [-0.15, -0.1) is 0 Å². The van der Waals surface area contributed by atoms with E-state index >= 15 is 0 Å². The van der Waals surface area contributed by atoms with Gasteiger partial charge in [0, 0.05) is 25.7 Å². The summed E-state index contributed by atoms with van der Waals surface area (Å²) < 4.78 is 19.5. The molecule has 0 bridgehead atoms. The number of rotatable bonds is 7. The van der Waals surface area contributed by atoms with Crippen molar-refractivity contribution in [1.82, 2.24) is 24.8 Å². The molecule has 4 rings (SSSR count). The monoisotopic (exact) mass is 472 g/mol. The van der Waals surface area contributed by atoms with E-state index in [1.807, 2.05) is 18.7 Å². The summed E-state index contributed by atoms with van der Waals surface area (Å²) in [5.41, 5.74) is 1.07. The molecule has 1 aliphatic rings. The average Bonchev–Trinajstić information content (AvgIpc) is 3.20. The van der Waals surface area contributed by atoms with Crippen molar-refractivity contribution in [3.05, 3.63) is 35.4 Å². The number of ether oxygens (including phenoxy) is 1. The van der Waals surface area contributed by atoms with Crippen LogP contribution in [0.15, 0.2) is 24.5 Å². The van der Waals surface area contributed by atoms with E-state index in [4.69, 9.17) is 4.74 Å². The first kappa shape index (κ1) is 23.3. The van der Waals surface area contributed by atoms with Gasteiger partial charge in [-0.1, -0.05) is 11.3 Å². The lowest BCUT2D eigenvalue weighted by Gasteiger charge is -2.32. The number of anilines is 2. The molecule has 2 aromatic heterocycles.